The standard InChI is InChI=1S/C17H19Cl2N3/c1-4-22(17-8-6-13(18)10-15(17)19)21-12(3)14-9-11(2)5-7-16(14)20/h5-10H,4,20H2,1-3H3/b21-12+. The third-order valence-corrected chi connectivity index (χ3v) is 3.89. The molecule has 0 spiro atoms. The Balaban J connectivity index is 2.41. The molecule has 2 aromatic rings. The first-order valence-electron chi connectivity index (χ1n) is 7.06. The van der Waals surface area contributed by atoms with Crippen LogP contribution in [0.3, 0.4) is 0 Å². The fourth-order valence-corrected chi connectivity index (χ4v) is 2.71. The molecule has 0 fully saturated rings. The molecule has 0 amide bonds. The maximum atomic E-state index is 6.27. The van der Waals surface area contributed by atoms with Crippen LogP contribution >= 0.6 is 23.2 Å². The molecule has 0 atom stereocenters. The molecule has 22 heavy (non-hydrogen) atoms. The highest BCUT2D eigenvalue weighted by atomic mass is 35.5. The predicted octanol–water partition coefficient (Wildman–Crippen LogP) is 5.13. The number of nitrogens with zero attached hydrogens (tertiary/aromatic N) is 2. The molecule has 0 aliphatic carbocycles. The molecule has 0 heterocycles. The molecule has 3 nitrogen and oxygen atoms in total. The van der Waals surface area contributed by atoms with Gasteiger partial charge in [0.2, 0.25) is 0 Å². The van der Waals surface area contributed by atoms with E-state index in [-0.39, 0.29) is 0 Å². The molecule has 5 heteroatoms. The van der Waals surface area contributed by atoms with Crippen LogP contribution in [0.5, 0.6) is 0 Å². The van der Waals surface area contributed by atoms with Crippen LogP contribution in [0.25, 0.3) is 0 Å². The van der Waals surface area contributed by atoms with Crippen LogP contribution in [0.4, 0.5) is 11.4 Å². The van der Waals surface area contributed by atoms with E-state index in [1.54, 1.807) is 12.1 Å². The van der Waals surface area contributed by atoms with Crippen LogP contribution in [0.2, 0.25) is 10.0 Å². The highest BCUT2D eigenvalue weighted by molar-refractivity contribution is 6.36. The summed E-state index contributed by atoms with van der Waals surface area (Å²) in [6.07, 6.45) is 0. The number of rotatable bonds is 4. The number of hydrogen-bond acceptors (Lipinski definition) is 3. The average Bonchev–Trinajstić information content (AvgIpc) is 2.47. The molecule has 0 aliphatic rings. The molecule has 0 saturated carbocycles. The van der Waals surface area contributed by atoms with Crippen molar-refractivity contribution in [3.63, 3.8) is 0 Å². The zero-order valence-electron chi connectivity index (χ0n) is 12.9. The fourth-order valence-electron chi connectivity index (χ4n) is 2.20. The van der Waals surface area contributed by atoms with Gasteiger partial charge in [0.15, 0.2) is 0 Å². The van der Waals surface area contributed by atoms with Gasteiger partial charge >= 0.3 is 0 Å². The van der Waals surface area contributed by atoms with Crippen LogP contribution < -0.4 is 10.7 Å². The quantitative estimate of drug-likeness (QED) is 0.477. The van der Waals surface area contributed by atoms with Crippen molar-refractivity contribution in [3.05, 3.63) is 57.6 Å². The molecule has 2 rings (SSSR count). The normalized spacial score (nSPS) is 11.6. The second-order valence-corrected chi connectivity index (χ2v) is 5.93. The second-order valence-electron chi connectivity index (χ2n) is 5.09. The Labute approximate surface area is 141 Å². The lowest BCUT2D eigenvalue weighted by molar-refractivity contribution is 0.892. The zero-order valence-corrected chi connectivity index (χ0v) is 14.4. The van der Waals surface area contributed by atoms with Crippen LogP contribution in [0, 0.1) is 6.92 Å². The highest BCUT2D eigenvalue weighted by Crippen LogP contribution is 2.29. The number of nitrogen functional groups attached to an aromatic ring is 1. The summed E-state index contributed by atoms with van der Waals surface area (Å²) in [6.45, 7) is 6.67. The zero-order chi connectivity index (χ0) is 16.3. The number of hydrogen-bond donors (Lipinski definition) is 1. The Morgan fingerprint density at radius 1 is 1.18 bits per heavy atom. The number of benzene rings is 2. The Bertz CT molecular complexity index is 711. The molecule has 0 bridgehead atoms. The summed E-state index contributed by atoms with van der Waals surface area (Å²) < 4.78 is 0. The number of hydrazone groups is 1. The summed E-state index contributed by atoms with van der Waals surface area (Å²) in [5, 5.41) is 7.69. The van der Waals surface area contributed by atoms with E-state index >= 15 is 0 Å². The summed E-state index contributed by atoms with van der Waals surface area (Å²) in [7, 11) is 0. The average molecular weight is 336 g/mol. The van der Waals surface area contributed by atoms with Gasteiger partial charge in [-0.2, -0.15) is 5.10 Å². The van der Waals surface area contributed by atoms with E-state index in [0.717, 1.165) is 22.5 Å². The minimum Gasteiger partial charge on any atom is -0.398 e. The van der Waals surface area contributed by atoms with Gasteiger partial charge in [-0.3, -0.25) is 5.01 Å². The van der Waals surface area contributed by atoms with Gasteiger partial charge in [0.1, 0.15) is 0 Å². The lowest BCUT2D eigenvalue weighted by atomic mass is 10.1. The van der Waals surface area contributed by atoms with Crippen molar-refractivity contribution in [3.8, 4) is 0 Å². The molecule has 116 valence electrons. The molecule has 2 N–H and O–H groups in total. The van der Waals surface area contributed by atoms with Crippen LogP contribution in [-0.2, 0) is 0 Å². The Kier molecular flexibility index (Phi) is 5.33. The first-order valence-corrected chi connectivity index (χ1v) is 7.82. The SMILES string of the molecule is CCN(/N=C(\C)c1cc(C)ccc1N)c1ccc(Cl)cc1Cl. The van der Waals surface area contributed by atoms with Crippen molar-refractivity contribution in [2.45, 2.75) is 20.8 Å². The molecule has 0 saturated heterocycles. The van der Waals surface area contributed by atoms with Gasteiger partial charge in [0.25, 0.3) is 0 Å². The van der Waals surface area contributed by atoms with Crippen molar-refractivity contribution >= 4 is 40.3 Å². The lowest BCUT2D eigenvalue weighted by Gasteiger charge is -2.20. The fraction of sp³-hybridized carbons (Fsp3) is 0.235. The van der Waals surface area contributed by atoms with E-state index in [2.05, 4.69) is 5.10 Å². The summed E-state index contributed by atoms with van der Waals surface area (Å²) in [6, 6.07) is 11.3. The van der Waals surface area contributed by atoms with Gasteiger partial charge < -0.3 is 5.73 Å². The largest absolute Gasteiger partial charge is 0.398 e. The molecule has 0 unspecified atom stereocenters. The maximum absolute atomic E-state index is 6.27. The van der Waals surface area contributed by atoms with Crippen molar-refractivity contribution in [1.82, 2.24) is 0 Å². The van der Waals surface area contributed by atoms with Gasteiger partial charge in [0, 0.05) is 22.8 Å². The van der Waals surface area contributed by atoms with E-state index < -0.39 is 0 Å². The Morgan fingerprint density at radius 3 is 2.55 bits per heavy atom. The predicted molar refractivity (Wildman–Crippen MR) is 97.3 cm³/mol. The Morgan fingerprint density at radius 2 is 1.91 bits per heavy atom. The minimum absolute atomic E-state index is 0.572. The summed E-state index contributed by atoms with van der Waals surface area (Å²) >= 11 is 12.2. The first-order chi connectivity index (χ1) is 10.4. The van der Waals surface area contributed by atoms with Crippen molar-refractivity contribution in [2.75, 3.05) is 17.3 Å². The molecule has 0 radical (unpaired) electrons. The number of halogens is 2. The van der Waals surface area contributed by atoms with Crippen molar-refractivity contribution in [2.24, 2.45) is 5.10 Å². The summed E-state index contributed by atoms with van der Waals surface area (Å²) in [5.74, 6) is 0. The molecule has 0 aliphatic heterocycles. The van der Waals surface area contributed by atoms with Gasteiger partial charge in [-0.1, -0.05) is 34.8 Å². The summed E-state index contributed by atoms with van der Waals surface area (Å²) in [5.41, 5.74) is 10.5. The molecular weight excluding hydrogens is 317 g/mol. The number of nitrogens with two attached hydrogens (primary N) is 1. The van der Waals surface area contributed by atoms with E-state index in [1.165, 1.54) is 0 Å². The third-order valence-electron chi connectivity index (χ3n) is 3.36. The van der Waals surface area contributed by atoms with Crippen LogP contribution in [0.1, 0.15) is 25.0 Å². The van der Waals surface area contributed by atoms with E-state index in [0.29, 0.717) is 22.3 Å². The lowest BCUT2D eigenvalue weighted by Crippen LogP contribution is -2.18. The monoisotopic (exact) mass is 335 g/mol. The van der Waals surface area contributed by atoms with E-state index in [1.807, 2.05) is 50.0 Å². The second kappa shape index (κ2) is 7.03. The van der Waals surface area contributed by atoms with Gasteiger partial charge in [-0.25, -0.2) is 0 Å². The third kappa shape index (κ3) is 3.73. The van der Waals surface area contributed by atoms with Crippen LogP contribution in [-0.4, -0.2) is 12.3 Å². The molecule has 0 aromatic heterocycles. The number of anilines is 2. The summed E-state index contributed by atoms with van der Waals surface area (Å²) in [4.78, 5) is 0. The van der Waals surface area contributed by atoms with Crippen molar-refractivity contribution in [1.29, 1.82) is 0 Å². The van der Waals surface area contributed by atoms with Gasteiger partial charge in [-0.15, -0.1) is 0 Å². The smallest absolute Gasteiger partial charge is 0.0781 e. The van der Waals surface area contributed by atoms with E-state index in [4.69, 9.17) is 28.9 Å². The van der Waals surface area contributed by atoms with Gasteiger partial charge in [-0.05, 0) is 51.1 Å². The Hall–Kier alpha value is -1.71. The highest BCUT2D eigenvalue weighted by Gasteiger charge is 2.10. The molecule has 2 aromatic carbocycles. The maximum Gasteiger partial charge on any atom is 0.0781 e. The minimum atomic E-state index is 0.572. The van der Waals surface area contributed by atoms with Gasteiger partial charge in [0.05, 0.1) is 16.4 Å². The topological polar surface area (TPSA) is 41.6 Å². The molecular formula is C17H19Cl2N3. The number of aryl methyl sites for hydroxylation is 1. The van der Waals surface area contributed by atoms with Crippen molar-refractivity contribution < 1.29 is 0 Å². The van der Waals surface area contributed by atoms with E-state index in [9.17, 15) is 0 Å². The van der Waals surface area contributed by atoms with Crippen LogP contribution in [0.15, 0.2) is 41.5 Å². The first kappa shape index (κ1) is 16.7.